The molecule has 0 fully saturated rings. The highest BCUT2D eigenvalue weighted by Crippen LogP contribution is 2.44. The first-order valence-corrected chi connectivity index (χ1v) is 11.5. The summed E-state index contributed by atoms with van der Waals surface area (Å²) >= 11 is 0. The molecule has 8 heteroatoms. The van der Waals surface area contributed by atoms with E-state index in [4.69, 9.17) is 4.74 Å². The van der Waals surface area contributed by atoms with E-state index in [1.54, 1.807) is 0 Å². The molecule has 0 heterocycles. The quantitative estimate of drug-likeness (QED) is 0.573. The van der Waals surface area contributed by atoms with Gasteiger partial charge in [-0.3, -0.25) is 4.79 Å². The Morgan fingerprint density at radius 3 is 2.40 bits per heavy atom. The maximum atomic E-state index is 13.1. The van der Waals surface area contributed by atoms with Crippen molar-refractivity contribution in [2.24, 2.45) is 0 Å². The fourth-order valence-corrected chi connectivity index (χ4v) is 4.50. The second-order valence-corrected chi connectivity index (χ2v) is 9.84. The molecular weight excluding hydrogens is 417 g/mol. The SMILES string of the molecule is CC1CC(CC(=O)c2cc(S(C)(=O)=O)ccc2O[C@@H](C)C(F)(F)F)c2ccccc21. The summed E-state index contributed by atoms with van der Waals surface area (Å²) in [7, 11) is -3.65. The van der Waals surface area contributed by atoms with E-state index in [9.17, 15) is 26.4 Å². The molecule has 0 spiro atoms. The second-order valence-electron chi connectivity index (χ2n) is 7.82. The van der Waals surface area contributed by atoms with E-state index in [1.165, 1.54) is 0 Å². The molecule has 1 aliphatic rings. The minimum atomic E-state index is -4.62. The molecule has 0 aromatic heterocycles. The van der Waals surface area contributed by atoms with Crippen LogP contribution in [0, 0.1) is 0 Å². The molecule has 2 aromatic rings. The van der Waals surface area contributed by atoms with Gasteiger partial charge in [-0.15, -0.1) is 0 Å². The van der Waals surface area contributed by atoms with E-state index < -0.39 is 27.9 Å². The van der Waals surface area contributed by atoms with Crippen LogP contribution in [0.1, 0.15) is 60.0 Å². The number of hydrogen-bond donors (Lipinski definition) is 0. The molecule has 30 heavy (non-hydrogen) atoms. The standard InChI is InChI=1S/C22H23F3O4S/c1-13-10-15(18-7-5-4-6-17(13)18)11-20(26)19-12-16(30(3,27)28)8-9-21(19)29-14(2)22(23,24)25/h4-9,12-15H,10-11H2,1-3H3/t13?,14-,15?/m0/s1. The number of hydrogen-bond acceptors (Lipinski definition) is 4. The van der Waals surface area contributed by atoms with Crippen LogP contribution in [0.2, 0.25) is 0 Å². The van der Waals surface area contributed by atoms with Crippen LogP contribution in [0.5, 0.6) is 5.75 Å². The van der Waals surface area contributed by atoms with Crippen molar-refractivity contribution in [1.29, 1.82) is 0 Å². The average molecular weight is 440 g/mol. The van der Waals surface area contributed by atoms with E-state index in [1.807, 2.05) is 24.3 Å². The lowest BCUT2D eigenvalue weighted by Crippen LogP contribution is -2.31. The van der Waals surface area contributed by atoms with Gasteiger partial charge >= 0.3 is 6.18 Å². The third-order valence-electron chi connectivity index (χ3n) is 5.48. The normalized spacial score (nSPS) is 19.9. The van der Waals surface area contributed by atoms with Gasteiger partial charge in [-0.05, 0) is 54.5 Å². The van der Waals surface area contributed by atoms with Crippen molar-refractivity contribution in [3.05, 3.63) is 59.2 Å². The van der Waals surface area contributed by atoms with Gasteiger partial charge in [0, 0.05) is 12.7 Å². The molecule has 4 nitrogen and oxygen atoms in total. The number of sulfone groups is 1. The van der Waals surface area contributed by atoms with Gasteiger partial charge in [-0.1, -0.05) is 31.2 Å². The summed E-state index contributed by atoms with van der Waals surface area (Å²) in [5.74, 6) is -0.531. The summed E-state index contributed by atoms with van der Waals surface area (Å²) in [5, 5.41) is 0. The highest BCUT2D eigenvalue weighted by atomic mass is 32.2. The Hall–Kier alpha value is -2.35. The number of halogens is 3. The van der Waals surface area contributed by atoms with Crippen molar-refractivity contribution in [3.8, 4) is 5.75 Å². The third kappa shape index (κ3) is 4.69. The van der Waals surface area contributed by atoms with E-state index in [0.29, 0.717) is 0 Å². The molecule has 162 valence electrons. The lowest BCUT2D eigenvalue weighted by atomic mass is 9.92. The number of ketones is 1. The Morgan fingerprint density at radius 1 is 1.17 bits per heavy atom. The molecule has 0 amide bonds. The molecule has 0 bridgehead atoms. The molecule has 1 aliphatic carbocycles. The maximum Gasteiger partial charge on any atom is 0.425 e. The van der Waals surface area contributed by atoms with Crippen LogP contribution in [-0.4, -0.2) is 32.7 Å². The number of rotatable bonds is 6. The van der Waals surface area contributed by atoms with Crippen molar-refractivity contribution in [2.45, 2.75) is 55.7 Å². The first-order chi connectivity index (χ1) is 13.9. The van der Waals surface area contributed by atoms with Crippen LogP contribution < -0.4 is 4.74 Å². The van der Waals surface area contributed by atoms with Crippen molar-refractivity contribution in [2.75, 3.05) is 6.26 Å². The van der Waals surface area contributed by atoms with Gasteiger partial charge in [-0.25, -0.2) is 8.42 Å². The second kappa shape index (κ2) is 8.06. The molecule has 2 unspecified atom stereocenters. The lowest BCUT2D eigenvalue weighted by Gasteiger charge is -2.20. The van der Waals surface area contributed by atoms with Crippen LogP contribution in [0.4, 0.5) is 13.2 Å². The lowest BCUT2D eigenvalue weighted by molar-refractivity contribution is -0.189. The largest absolute Gasteiger partial charge is 0.480 e. The van der Waals surface area contributed by atoms with Crippen molar-refractivity contribution in [1.82, 2.24) is 0 Å². The number of Topliss-reactive ketones (excluding diaryl/α,β-unsaturated/α-hetero) is 1. The maximum absolute atomic E-state index is 13.1. The number of carbonyl (C=O) groups excluding carboxylic acids is 1. The predicted octanol–water partition coefficient (Wildman–Crippen LogP) is 5.28. The van der Waals surface area contributed by atoms with Gasteiger partial charge in [-0.2, -0.15) is 13.2 Å². The smallest absolute Gasteiger partial charge is 0.425 e. The van der Waals surface area contributed by atoms with Crippen molar-refractivity contribution < 1.29 is 31.1 Å². The molecule has 0 radical (unpaired) electrons. The molecule has 0 aliphatic heterocycles. The number of benzene rings is 2. The molecule has 2 aromatic carbocycles. The summed E-state index contributed by atoms with van der Waals surface area (Å²) in [6.45, 7) is 2.90. The van der Waals surface area contributed by atoms with Gasteiger partial charge in [0.05, 0.1) is 10.5 Å². The molecule has 0 saturated heterocycles. The monoisotopic (exact) mass is 440 g/mol. The number of carbonyl (C=O) groups is 1. The highest BCUT2D eigenvalue weighted by molar-refractivity contribution is 7.90. The Bertz CT molecular complexity index is 1060. The molecule has 0 saturated carbocycles. The first kappa shape index (κ1) is 22.3. The van der Waals surface area contributed by atoms with Crippen LogP contribution >= 0.6 is 0 Å². The predicted molar refractivity (Wildman–Crippen MR) is 107 cm³/mol. The van der Waals surface area contributed by atoms with Crippen LogP contribution in [0.15, 0.2) is 47.4 Å². The summed E-state index contributed by atoms with van der Waals surface area (Å²) in [6.07, 6.45) is -4.97. The van der Waals surface area contributed by atoms with Crippen LogP contribution in [0.3, 0.4) is 0 Å². The number of alkyl halides is 3. The fourth-order valence-electron chi connectivity index (χ4n) is 3.86. The number of fused-ring (bicyclic) bond motifs is 1. The van der Waals surface area contributed by atoms with E-state index in [0.717, 1.165) is 48.9 Å². The zero-order valence-electron chi connectivity index (χ0n) is 16.9. The molecule has 3 atom stereocenters. The topological polar surface area (TPSA) is 60.4 Å². The molecule has 3 rings (SSSR count). The Labute approximate surface area is 174 Å². The van der Waals surface area contributed by atoms with Crippen molar-refractivity contribution >= 4 is 15.6 Å². The Morgan fingerprint density at radius 2 is 1.80 bits per heavy atom. The third-order valence-corrected chi connectivity index (χ3v) is 6.59. The van der Waals surface area contributed by atoms with Gasteiger partial charge in [0.25, 0.3) is 0 Å². The van der Waals surface area contributed by atoms with Crippen LogP contribution in [0.25, 0.3) is 0 Å². The minimum Gasteiger partial charge on any atom is -0.480 e. The zero-order valence-corrected chi connectivity index (χ0v) is 17.7. The Kier molecular flexibility index (Phi) is 6.00. The van der Waals surface area contributed by atoms with Gasteiger partial charge in [0.2, 0.25) is 0 Å². The van der Waals surface area contributed by atoms with Gasteiger partial charge < -0.3 is 4.74 Å². The first-order valence-electron chi connectivity index (χ1n) is 9.57. The molecule has 0 N–H and O–H groups in total. The van der Waals surface area contributed by atoms with E-state index >= 15 is 0 Å². The number of ether oxygens (including phenoxy) is 1. The summed E-state index contributed by atoms with van der Waals surface area (Å²) in [4.78, 5) is 13.0. The van der Waals surface area contributed by atoms with Crippen molar-refractivity contribution in [3.63, 3.8) is 0 Å². The van der Waals surface area contributed by atoms with Gasteiger partial charge in [0.15, 0.2) is 21.7 Å². The van der Waals surface area contributed by atoms with Crippen LogP contribution in [-0.2, 0) is 9.84 Å². The average Bonchev–Trinajstić information content (AvgIpc) is 2.96. The molecular formula is C22H23F3O4S. The minimum absolute atomic E-state index is 0.0608. The zero-order chi connectivity index (χ0) is 22.3. The van der Waals surface area contributed by atoms with Gasteiger partial charge in [0.1, 0.15) is 5.75 Å². The summed E-state index contributed by atoms with van der Waals surface area (Å²) in [5.41, 5.74) is 2.05. The summed E-state index contributed by atoms with van der Waals surface area (Å²) < 4.78 is 67.8. The summed E-state index contributed by atoms with van der Waals surface area (Å²) in [6, 6.07) is 11.2. The van der Waals surface area contributed by atoms with E-state index in [-0.39, 0.29) is 34.5 Å². The fraction of sp³-hybridized carbons (Fsp3) is 0.409. The Balaban J connectivity index is 1.95. The highest BCUT2D eigenvalue weighted by Gasteiger charge is 2.39. The van der Waals surface area contributed by atoms with E-state index in [2.05, 4.69) is 6.92 Å².